The van der Waals surface area contributed by atoms with Crippen molar-refractivity contribution in [1.29, 1.82) is 0 Å². The van der Waals surface area contributed by atoms with Crippen LogP contribution in [0.3, 0.4) is 0 Å². The number of rotatable bonds is 2. The Morgan fingerprint density at radius 1 is 1.53 bits per heavy atom. The number of allylic oxidation sites excluding steroid dienone is 1. The molecule has 1 amide bonds. The van der Waals surface area contributed by atoms with Gasteiger partial charge in [0, 0.05) is 17.9 Å². The lowest BCUT2D eigenvalue weighted by Gasteiger charge is -2.04. The summed E-state index contributed by atoms with van der Waals surface area (Å²) in [6.07, 6.45) is 4.28. The molecule has 0 fully saturated rings. The second-order valence-electron chi connectivity index (χ2n) is 3.54. The fourth-order valence-electron chi connectivity index (χ4n) is 1.72. The van der Waals surface area contributed by atoms with E-state index in [4.69, 9.17) is 0 Å². The fourth-order valence-corrected chi connectivity index (χ4v) is 1.72. The van der Waals surface area contributed by atoms with E-state index in [0.29, 0.717) is 0 Å². The van der Waals surface area contributed by atoms with E-state index in [1.54, 1.807) is 6.08 Å². The molecule has 1 aromatic carbocycles. The van der Waals surface area contributed by atoms with Gasteiger partial charge in [0.05, 0.1) is 0 Å². The van der Waals surface area contributed by atoms with Crippen molar-refractivity contribution < 1.29 is 4.79 Å². The first-order chi connectivity index (χ1) is 7.29. The highest BCUT2D eigenvalue weighted by Gasteiger charge is 2.10. The van der Waals surface area contributed by atoms with Gasteiger partial charge in [-0.15, -0.1) is 0 Å². The topological polar surface area (TPSA) is 41.1 Å². The van der Waals surface area contributed by atoms with Crippen LogP contribution in [0.15, 0.2) is 30.4 Å². The summed E-state index contributed by atoms with van der Waals surface area (Å²) < 4.78 is 0. The summed E-state index contributed by atoms with van der Waals surface area (Å²) >= 11 is 0. The third-order valence-corrected chi connectivity index (χ3v) is 2.40. The number of hydrogen-bond donors (Lipinski definition) is 2. The highest BCUT2D eigenvalue weighted by Crippen LogP contribution is 2.25. The summed E-state index contributed by atoms with van der Waals surface area (Å²) in [4.78, 5) is 11.3. The molecule has 1 heterocycles. The average Bonchev–Trinajstić information content (AvgIpc) is 2.65. The zero-order valence-corrected chi connectivity index (χ0v) is 8.71. The van der Waals surface area contributed by atoms with Gasteiger partial charge < -0.3 is 10.6 Å². The van der Waals surface area contributed by atoms with Crippen molar-refractivity contribution in [2.45, 2.75) is 13.3 Å². The van der Waals surface area contributed by atoms with Crippen LogP contribution >= 0.6 is 0 Å². The predicted molar refractivity (Wildman–Crippen MR) is 62.1 cm³/mol. The largest absolute Gasteiger partial charge is 0.384 e. The molecule has 0 bridgehead atoms. The average molecular weight is 202 g/mol. The van der Waals surface area contributed by atoms with Gasteiger partial charge in [-0.2, -0.15) is 0 Å². The van der Waals surface area contributed by atoms with Crippen molar-refractivity contribution >= 4 is 17.3 Å². The zero-order chi connectivity index (χ0) is 10.7. The molecule has 0 radical (unpaired) electrons. The molecule has 3 heteroatoms. The quantitative estimate of drug-likeness (QED) is 0.722. The molecular formula is C12H14N2O. The van der Waals surface area contributed by atoms with Gasteiger partial charge in [-0.3, -0.25) is 4.79 Å². The lowest BCUT2D eigenvalue weighted by atomic mass is 10.1. The van der Waals surface area contributed by atoms with Gasteiger partial charge in [-0.25, -0.2) is 0 Å². The molecule has 15 heavy (non-hydrogen) atoms. The first-order valence-electron chi connectivity index (χ1n) is 5.10. The summed E-state index contributed by atoms with van der Waals surface area (Å²) in [7, 11) is 0. The Hall–Kier alpha value is -1.77. The Labute approximate surface area is 89.2 Å². The molecule has 0 aromatic heterocycles. The standard InChI is InChI=1S/C12H14N2O/c1-2-3-12(15)14-10-4-5-11-9(8-10)6-7-13-11/h2-5,8,13H,6-7H2,1H3,(H,14,15). The van der Waals surface area contributed by atoms with E-state index in [9.17, 15) is 4.79 Å². The SMILES string of the molecule is CC=CC(=O)Nc1ccc2c(c1)CCN2. The Morgan fingerprint density at radius 3 is 3.20 bits per heavy atom. The minimum Gasteiger partial charge on any atom is -0.384 e. The predicted octanol–water partition coefficient (Wildman–Crippen LogP) is 2.17. The Kier molecular flexibility index (Phi) is 2.72. The van der Waals surface area contributed by atoms with Crippen molar-refractivity contribution in [2.75, 3.05) is 17.2 Å². The minimum absolute atomic E-state index is 0.0802. The van der Waals surface area contributed by atoms with E-state index < -0.39 is 0 Å². The van der Waals surface area contributed by atoms with Crippen LogP contribution in [0.1, 0.15) is 12.5 Å². The molecule has 0 unspecified atom stereocenters. The fraction of sp³-hybridized carbons (Fsp3) is 0.250. The molecule has 3 nitrogen and oxygen atoms in total. The lowest BCUT2D eigenvalue weighted by Crippen LogP contribution is -2.07. The van der Waals surface area contributed by atoms with Gasteiger partial charge >= 0.3 is 0 Å². The molecule has 2 N–H and O–H groups in total. The van der Waals surface area contributed by atoms with Gasteiger partial charge in [0.25, 0.3) is 0 Å². The van der Waals surface area contributed by atoms with Crippen molar-refractivity contribution in [1.82, 2.24) is 0 Å². The number of benzene rings is 1. The van der Waals surface area contributed by atoms with Gasteiger partial charge in [0.15, 0.2) is 0 Å². The Morgan fingerprint density at radius 2 is 2.40 bits per heavy atom. The van der Waals surface area contributed by atoms with Crippen LogP contribution in [0.2, 0.25) is 0 Å². The summed E-state index contributed by atoms with van der Waals surface area (Å²) in [6, 6.07) is 5.95. The molecular weight excluding hydrogens is 188 g/mol. The van der Waals surface area contributed by atoms with Crippen molar-refractivity contribution in [3.8, 4) is 0 Å². The normalized spacial score (nSPS) is 13.7. The second kappa shape index (κ2) is 4.17. The number of fused-ring (bicyclic) bond motifs is 1. The van der Waals surface area contributed by atoms with E-state index in [1.807, 2.05) is 25.1 Å². The molecule has 1 aromatic rings. The van der Waals surface area contributed by atoms with Gasteiger partial charge in [0.2, 0.25) is 5.91 Å². The molecule has 0 atom stereocenters. The van der Waals surface area contributed by atoms with Gasteiger partial charge in [-0.1, -0.05) is 6.08 Å². The maximum atomic E-state index is 11.3. The number of hydrogen-bond acceptors (Lipinski definition) is 2. The van der Waals surface area contributed by atoms with Crippen molar-refractivity contribution in [3.05, 3.63) is 35.9 Å². The van der Waals surface area contributed by atoms with E-state index in [0.717, 1.165) is 18.7 Å². The number of anilines is 2. The van der Waals surface area contributed by atoms with Crippen molar-refractivity contribution in [2.24, 2.45) is 0 Å². The van der Waals surface area contributed by atoms with E-state index in [1.165, 1.54) is 17.3 Å². The Bertz CT molecular complexity index is 410. The molecule has 1 aliphatic rings. The third-order valence-electron chi connectivity index (χ3n) is 2.40. The van der Waals surface area contributed by atoms with Crippen LogP contribution in [0.5, 0.6) is 0 Å². The van der Waals surface area contributed by atoms with Gasteiger partial charge in [0.1, 0.15) is 0 Å². The molecule has 1 aliphatic heterocycles. The maximum absolute atomic E-state index is 11.3. The van der Waals surface area contributed by atoms with E-state index in [2.05, 4.69) is 10.6 Å². The first kappa shape index (κ1) is 9.77. The van der Waals surface area contributed by atoms with Gasteiger partial charge in [-0.05, 0) is 43.2 Å². The highest BCUT2D eigenvalue weighted by atomic mass is 16.1. The number of amides is 1. The second-order valence-corrected chi connectivity index (χ2v) is 3.54. The smallest absolute Gasteiger partial charge is 0.248 e. The summed E-state index contributed by atoms with van der Waals surface area (Å²) in [5.41, 5.74) is 3.31. The summed E-state index contributed by atoms with van der Waals surface area (Å²) in [6.45, 7) is 2.81. The van der Waals surface area contributed by atoms with E-state index in [-0.39, 0.29) is 5.91 Å². The lowest BCUT2D eigenvalue weighted by molar-refractivity contribution is -0.111. The molecule has 0 saturated carbocycles. The van der Waals surface area contributed by atoms with Crippen LogP contribution in [0.25, 0.3) is 0 Å². The molecule has 0 spiro atoms. The molecule has 78 valence electrons. The van der Waals surface area contributed by atoms with Crippen LogP contribution in [-0.4, -0.2) is 12.5 Å². The van der Waals surface area contributed by atoms with Crippen LogP contribution in [-0.2, 0) is 11.2 Å². The summed E-state index contributed by atoms with van der Waals surface area (Å²) in [5.74, 6) is -0.0802. The maximum Gasteiger partial charge on any atom is 0.248 e. The van der Waals surface area contributed by atoms with Crippen LogP contribution in [0, 0.1) is 0 Å². The first-order valence-corrected chi connectivity index (χ1v) is 5.10. The summed E-state index contributed by atoms with van der Waals surface area (Å²) in [5, 5.41) is 6.10. The molecule has 2 rings (SSSR count). The van der Waals surface area contributed by atoms with Crippen molar-refractivity contribution in [3.63, 3.8) is 0 Å². The van der Waals surface area contributed by atoms with E-state index >= 15 is 0 Å². The number of carbonyl (C=O) groups excluding carboxylic acids is 1. The highest BCUT2D eigenvalue weighted by molar-refractivity contribution is 5.99. The zero-order valence-electron chi connectivity index (χ0n) is 8.71. The van der Waals surface area contributed by atoms with Crippen LogP contribution < -0.4 is 10.6 Å². The third kappa shape index (κ3) is 2.18. The monoisotopic (exact) mass is 202 g/mol. The van der Waals surface area contributed by atoms with Crippen LogP contribution in [0.4, 0.5) is 11.4 Å². The number of carbonyl (C=O) groups is 1. The molecule has 0 saturated heterocycles. The Balaban J connectivity index is 2.13. The minimum atomic E-state index is -0.0802. The molecule has 0 aliphatic carbocycles. The number of nitrogens with one attached hydrogen (secondary N) is 2.